The Morgan fingerprint density at radius 3 is 2.54 bits per heavy atom. The zero-order valence-electron chi connectivity index (χ0n) is 8.17. The molecule has 4 heteroatoms. The maximum absolute atomic E-state index is 5.38. The van der Waals surface area contributed by atoms with Crippen molar-refractivity contribution in [2.24, 2.45) is 0 Å². The second-order valence-electron chi connectivity index (χ2n) is 2.83. The third-order valence-corrected chi connectivity index (χ3v) is 2.07. The second kappa shape index (κ2) is 4.58. The van der Waals surface area contributed by atoms with Crippen molar-refractivity contribution >= 4 is 0 Å². The van der Waals surface area contributed by atoms with Gasteiger partial charge in [0, 0.05) is 6.54 Å². The van der Waals surface area contributed by atoms with Crippen molar-refractivity contribution < 1.29 is 9.47 Å². The summed E-state index contributed by atoms with van der Waals surface area (Å²) in [4.78, 5) is 0. The highest BCUT2D eigenvalue weighted by atomic mass is 16.7. The van der Waals surface area contributed by atoms with Gasteiger partial charge in [-0.2, -0.15) is 0 Å². The molecular formula is C9H16N2O2. The Balaban J connectivity index is 2.53. The molecule has 1 N–H and O–H groups in total. The topological polar surface area (TPSA) is 33.7 Å². The highest BCUT2D eigenvalue weighted by Crippen LogP contribution is 2.18. The van der Waals surface area contributed by atoms with Crippen LogP contribution in [0.3, 0.4) is 0 Å². The Kier molecular flexibility index (Phi) is 3.70. The second-order valence-corrected chi connectivity index (χ2v) is 2.83. The van der Waals surface area contributed by atoms with Crippen molar-refractivity contribution in [3.05, 3.63) is 0 Å². The summed E-state index contributed by atoms with van der Waals surface area (Å²) in [6.45, 7) is 4.59. The first-order valence-electron chi connectivity index (χ1n) is 4.44. The van der Waals surface area contributed by atoms with Crippen LogP contribution < -0.4 is 5.43 Å². The Morgan fingerprint density at radius 2 is 2.15 bits per heavy atom. The van der Waals surface area contributed by atoms with Crippen LogP contribution in [0.25, 0.3) is 0 Å². The maximum atomic E-state index is 5.38. The standard InChI is InChI=1S/C9H16N2O2/c1-4-9(12-6-7-13-9)8-11(5-2)10-3/h1,10H,5-8H2,2-3H3. The molecule has 13 heavy (non-hydrogen) atoms. The number of hydrogen-bond donors (Lipinski definition) is 1. The average Bonchev–Trinajstić information content (AvgIpc) is 2.63. The predicted molar refractivity (Wildman–Crippen MR) is 49.8 cm³/mol. The van der Waals surface area contributed by atoms with Crippen LogP contribution in [0.4, 0.5) is 0 Å². The molecule has 0 saturated carbocycles. The maximum Gasteiger partial charge on any atom is 0.248 e. The largest absolute Gasteiger partial charge is 0.336 e. The van der Waals surface area contributed by atoms with Gasteiger partial charge in [0.25, 0.3) is 0 Å². The Hall–Kier alpha value is -0.600. The van der Waals surface area contributed by atoms with Gasteiger partial charge in [-0.1, -0.05) is 6.92 Å². The molecule has 0 spiro atoms. The molecule has 0 aliphatic carbocycles. The van der Waals surface area contributed by atoms with Gasteiger partial charge in [-0.05, 0) is 13.0 Å². The molecular weight excluding hydrogens is 168 g/mol. The van der Waals surface area contributed by atoms with E-state index in [4.69, 9.17) is 15.9 Å². The summed E-state index contributed by atoms with van der Waals surface area (Å²) in [6, 6.07) is 0. The lowest BCUT2D eigenvalue weighted by Gasteiger charge is -2.28. The first kappa shape index (κ1) is 10.5. The fraction of sp³-hybridized carbons (Fsp3) is 0.778. The molecule has 0 aromatic carbocycles. The smallest absolute Gasteiger partial charge is 0.248 e. The van der Waals surface area contributed by atoms with E-state index >= 15 is 0 Å². The van der Waals surface area contributed by atoms with Crippen LogP contribution in [0.1, 0.15) is 6.92 Å². The van der Waals surface area contributed by atoms with E-state index in [0.717, 1.165) is 6.54 Å². The number of terminal acetylenes is 1. The van der Waals surface area contributed by atoms with Crippen LogP contribution in [0.15, 0.2) is 0 Å². The summed E-state index contributed by atoms with van der Waals surface area (Å²) in [5.41, 5.74) is 3.02. The summed E-state index contributed by atoms with van der Waals surface area (Å²) in [5.74, 6) is 1.70. The zero-order chi connectivity index (χ0) is 9.73. The fourth-order valence-electron chi connectivity index (χ4n) is 1.28. The highest BCUT2D eigenvalue weighted by Gasteiger charge is 2.36. The minimum Gasteiger partial charge on any atom is -0.336 e. The quantitative estimate of drug-likeness (QED) is 0.485. The number of hydrogen-bond acceptors (Lipinski definition) is 4. The molecule has 0 aromatic heterocycles. The van der Waals surface area contributed by atoms with Gasteiger partial charge < -0.3 is 9.47 Å². The molecule has 4 nitrogen and oxygen atoms in total. The molecule has 0 aromatic rings. The number of nitrogens with zero attached hydrogens (tertiary/aromatic N) is 1. The van der Waals surface area contributed by atoms with Gasteiger partial charge in [0.05, 0.1) is 19.8 Å². The molecule has 0 atom stereocenters. The molecule has 74 valence electrons. The van der Waals surface area contributed by atoms with Crippen molar-refractivity contribution in [1.82, 2.24) is 10.4 Å². The van der Waals surface area contributed by atoms with Crippen molar-refractivity contribution in [1.29, 1.82) is 0 Å². The average molecular weight is 184 g/mol. The van der Waals surface area contributed by atoms with E-state index in [1.807, 2.05) is 19.0 Å². The minimum absolute atomic E-state index is 0.552. The van der Waals surface area contributed by atoms with Gasteiger partial charge in [-0.3, -0.25) is 5.43 Å². The molecule has 1 rings (SSSR count). The van der Waals surface area contributed by atoms with Crippen molar-refractivity contribution in [3.8, 4) is 12.3 Å². The van der Waals surface area contributed by atoms with E-state index < -0.39 is 5.79 Å². The van der Waals surface area contributed by atoms with Gasteiger partial charge in [0.1, 0.15) is 0 Å². The minimum atomic E-state index is -0.848. The number of nitrogens with one attached hydrogen (secondary N) is 1. The molecule has 0 bridgehead atoms. The molecule has 1 saturated heterocycles. The van der Waals surface area contributed by atoms with Crippen LogP contribution in [-0.2, 0) is 9.47 Å². The van der Waals surface area contributed by atoms with Crippen molar-refractivity contribution in [3.63, 3.8) is 0 Å². The number of hydrazine groups is 1. The molecule has 1 aliphatic heterocycles. The van der Waals surface area contributed by atoms with E-state index in [-0.39, 0.29) is 0 Å². The first-order valence-corrected chi connectivity index (χ1v) is 4.44. The van der Waals surface area contributed by atoms with E-state index in [1.165, 1.54) is 0 Å². The molecule has 0 radical (unpaired) electrons. The Labute approximate surface area is 79.2 Å². The molecule has 0 amide bonds. The van der Waals surface area contributed by atoms with Crippen molar-refractivity contribution in [2.45, 2.75) is 12.7 Å². The van der Waals surface area contributed by atoms with E-state index in [9.17, 15) is 0 Å². The van der Waals surface area contributed by atoms with Crippen molar-refractivity contribution in [2.75, 3.05) is 33.4 Å². The van der Waals surface area contributed by atoms with Crippen LogP contribution in [-0.4, -0.2) is 44.1 Å². The molecule has 1 aliphatic rings. The summed E-state index contributed by atoms with van der Waals surface area (Å²) in [5, 5.41) is 1.95. The normalized spacial score (nSPS) is 20.5. The SMILES string of the molecule is C#CC1(CN(CC)NC)OCCO1. The van der Waals surface area contributed by atoms with E-state index in [1.54, 1.807) is 0 Å². The summed E-state index contributed by atoms with van der Waals surface area (Å²) < 4.78 is 10.8. The van der Waals surface area contributed by atoms with Gasteiger partial charge in [-0.25, -0.2) is 5.01 Å². The first-order chi connectivity index (χ1) is 6.26. The Bertz CT molecular complexity index is 190. The van der Waals surface area contributed by atoms with E-state index in [0.29, 0.717) is 19.8 Å². The summed E-state index contributed by atoms with van der Waals surface area (Å²) in [7, 11) is 1.85. The van der Waals surface area contributed by atoms with Gasteiger partial charge >= 0.3 is 0 Å². The van der Waals surface area contributed by atoms with Gasteiger partial charge in [-0.15, -0.1) is 6.42 Å². The van der Waals surface area contributed by atoms with Crippen LogP contribution in [0, 0.1) is 12.3 Å². The summed E-state index contributed by atoms with van der Waals surface area (Å²) in [6.07, 6.45) is 5.37. The third kappa shape index (κ3) is 2.42. The molecule has 1 fully saturated rings. The number of ether oxygens (including phenoxy) is 2. The highest BCUT2D eigenvalue weighted by molar-refractivity contribution is 5.05. The predicted octanol–water partition coefficient (Wildman–Crippen LogP) is -0.181. The molecule has 0 unspecified atom stereocenters. The zero-order valence-corrected chi connectivity index (χ0v) is 8.17. The van der Waals surface area contributed by atoms with Gasteiger partial charge in [0.2, 0.25) is 5.79 Å². The Morgan fingerprint density at radius 1 is 1.54 bits per heavy atom. The van der Waals surface area contributed by atoms with Crippen LogP contribution in [0.5, 0.6) is 0 Å². The van der Waals surface area contributed by atoms with E-state index in [2.05, 4.69) is 11.3 Å². The lowest BCUT2D eigenvalue weighted by Crippen LogP contribution is -2.47. The fourth-order valence-corrected chi connectivity index (χ4v) is 1.28. The lowest BCUT2D eigenvalue weighted by molar-refractivity contribution is -0.128. The lowest BCUT2D eigenvalue weighted by atomic mass is 10.3. The summed E-state index contributed by atoms with van der Waals surface area (Å²) >= 11 is 0. The number of likely N-dealkylation sites (N-methyl/N-ethyl adjacent to an activating group) is 1. The van der Waals surface area contributed by atoms with Crippen LogP contribution >= 0.6 is 0 Å². The molecule has 1 heterocycles. The monoisotopic (exact) mass is 184 g/mol. The van der Waals surface area contributed by atoms with Gasteiger partial charge in [0.15, 0.2) is 0 Å². The number of rotatable bonds is 4. The third-order valence-electron chi connectivity index (χ3n) is 2.07. The van der Waals surface area contributed by atoms with Crippen LogP contribution in [0.2, 0.25) is 0 Å².